The lowest BCUT2D eigenvalue weighted by Gasteiger charge is -2.13. The summed E-state index contributed by atoms with van der Waals surface area (Å²) >= 11 is 0. The molecule has 0 aliphatic heterocycles. The number of halogens is 3. The molecular formula is C15H16F3NO2. The van der Waals surface area contributed by atoms with E-state index in [0.717, 1.165) is 17.8 Å². The Kier molecular flexibility index (Phi) is 3.98. The van der Waals surface area contributed by atoms with Gasteiger partial charge in [-0.25, -0.2) is 0 Å². The molecule has 1 N–H and O–H groups in total. The third-order valence-corrected chi connectivity index (χ3v) is 3.56. The lowest BCUT2D eigenvalue weighted by atomic mass is 10.0. The van der Waals surface area contributed by atoms with Gasteiger partial charge in [-0.2, -0.15) is 13.2 Å². The van der Waals surface area contributed by atoms with E-state index in [9.17, 15) is 18.0 Å². The Morgan fingerprint density at radius 2 is 2.00 bits per heavy atom. The largest absolute Gasteiger partial charge is 0.481 e. The highest BCUT2D eigenvalue weighted by molar-refractivity contribution is 5.82. The number of alkyl halides is 3. The molecule has 1 aromatic carbocycles. The smallest absolute Gasteiger partial charge is 0.416 e. The normalized spacial score (nSPS) is 13.6. The number of benzene rings is 1. The van der Waals surface area contributed by atoms with E-state index in [1.807, 2.05) is 11.5 Å². The average Bonchev–Trinajstić information content (AvgIpc) is 2.74. The summed E-state index contributed by atoms with van der Waals surface area (Å²) in [5, 5.41) is 9.36. The summed E-state index contributed by atoms with van der Waals surface area (Å²) in [5.41, 5.74) is 0.743. The first-order valence-electron chi connectivity index (χ1n) is 6.66. The van der Waals surface area contributed by atoms with Crippen LogP contribution in [0.5, 0.6) is 0 Å². The number of aliphatic carboxylic acids is 1. The minimum Gasteiger partial charge on any atom is -0.481 e. The fraction of sp³-hybridized carbons (Fsp3) is 0.400. The maximum atomic E-state index is 12.8. The number of aromatic nitrogens is 1. The summed E-state index contributed by atoms with van der Waals surface area (Å²) in [4.78, 5) is 10.8. The fourth-order valence-electron chi connectivity index (χ4n) is 2.60. The highest BCUT2D eigenvalue weighted by atomic mass is 19.4. The van der Waals surface area contributed by atoms with Gasteiger partial charge in [0.1, 0.15) is 0 Å². The molecular weight excluding hydrogens is 283 g/mol. The first kappa shape index (κ1) is 15.4. The quantitative estimate of drug-likeness (QED) is 0.916. The van der Waals surface area contributed by atoms with E-state index in [-0.39, 0.29) is 12.3 Å². The Bertz CT molecular complexity index is 673. The van der Waals surface area contributed by atoms with Gasteiger partial charge >= 0.3 is 12.1 Å². The van der Waals surface area contributed by atoms with E-state index >= 15 is 0 Å². The van der Waals surface area contributed by atoms with Crippen molar-refractivity contribution in [1.29, 1.82) is 0 Å². The zero-order valence-corrected chi connectivity index (χ0v) is 11.7. The molecule has 1 atom stereocenters. The Labute approximate surface area is 120 Å². The third-order valence-electron chi connectivity index (χ3n) is 3.56. The van der Waals surface area contributed by atoms with Gasteiger partial charge in [-0.05, 0) is 31.2 Å². The van der Waals surface area contributed by atoms with E-state index in [2.05, 4.69) is 0 Å². The van der Waals surface area contributed by atoms with Gasteiger partial charge in [0.15, 0.2) is 0 Å². The van der Waals surface area contributed by atoms with Crippen LogP contribution in [-0.2, 0) is 17.5 Å². The molecule has 0 saturated carbocycles. The topological polar surface area (TPSA) is 42.2 Å². The van der Waals surface area contributed by atoms with Crippen LogP contribution in [0.1, 0.15) is 37.4 Å². The van der Waals surface area contributed by atoms with E-state index < -0.39 is 17.7 Å². The number of carboxylic acid groups (broad SMARTS) is 1. The standard InChI is InChI=1S/C15H16F3NO2/c1-3-19-12-5-4-11(15(16,17)18)7-10(12)8-13(19)9(2)6-14(20)21/h4-5,7-9H,3,6H2,1-2H3,(H,20,21). The molecule has 2 rings (SSSR count). The molecule has 0 aliphatic rings. The van der Waals surface area contributed by atoms with Gasteiger partial charge in [0, 0.05) is 29.1 Å². The van der Waals surface area contributed by atoms with Gasteiger partial charge in [-0.15, -0.1) is 0 Å². The number of rotatable bonds is 4. The van der Waals surface area contributed by atoms with Gasteiger partial charge in [0.05, 0.1) is 12.0 Å². The van der Waals surface area contributed by atoms with Crippen molar-refractivity contribution >= 4 is 16.9 Å². The van der Waals surface area contributed by atoms with Crippen LogP contribution in [0.4, 0.5) is 13.2 Å². The van der Waals surface area contributed by atoms with Crippen molar-refractivity contribution in [3.05, 3.63) is 35.5 Å². The van der Waals surface area contributed by atoms with Crippen LogP contribution >= 0.6 is 0 Å². The lowest BCUT2D eigenvalue weighted by molar-refractivity contribution is -0.138. The van der Waals surface area contributed by atoms with Gasteiger partial charge in [-0.3, -0.25) is 4.79 Å². The highest BCUT2D eigenvalue weighted by Crippen LogP contribution is 2.34. The molecule has 0 radical (unpaired) electrons. The first-order valence-corrected chi connectivity index (χ1v) is 6.66. The number of hydrogen-bond acceptors (Lipinski definition) is 1. The summed E-state index contributed by atoms with van der Waals surface area (Å²) in [5.74, 6) is -1.18. The van der Waals surface area contributed by atoms with Crippen LogP contribution in [0.2, 0.25) is 0 Å². The molecule has 2 aromatic rings. The van der Waals surface area contributed by atoms with E-state index in [1.54, 1.807) is 13.0 Å². The second-order valence-electron chi connectivity index (χ2n) is 5.08. The number of carbonyl (C=O) groups is 1. The van der Waals surface area contributed by atoms with E-state index in [0.29, 0.717) is 17.4 Å². The highest BCUT2D eigenvalue weighted by Gasteiger charge is 2.31. The average molecular weight is 299 g/mol. The monoisotopic (exact) mass is 299 g/mol. The Balaban J connectivity index is 2.55. The number of fused-ring (bicyclic) bond motifs is 1. The maximum Gasteiger partial charge on any atom is 0.416 e. The van der Waals surface area contributed by atoms with E-state index in [4.69, 9.17) is 5.11 Å². The molecule has 0 aliphatic carbocycles. The third kappa shape index (κ3) is 3.04. The molecule has 0 amide bonds. The van der Waals surface area contributed by atoms with Gasteiger partial charge in [-0.1, -0.05) is 6.92 Å². The molecule has 6 heteroatoms. The minimum atomic E-state index is -4.38. The lowest BCUT2D eigenvalue weighted by Crippen LogP contribution is -2.08. The first-order chi connectivity index (χ1) is 9.74. The molecule has 1 aromatic heterocycles. The zero-order chi connectivity index (χ0) is 15.8. The van der Waals surface area contributed by atoms with Crippen molar-refractivity contribution in [2.24, 2.45) is 0 Å². The van der Waals surface area contributed by atoms with Gasteiger partial charge in [0.2, 0.25) is 0 Å². The SMILES string of the molecule is CCn1c(C(C)CC(=O)O)cc2cc(C(F)(F)F)ccc21. The van der Waals surface area contributed by atoms with Crippen LogP contribution in [0.3, 0.4) is 0 Å². The Morgan fingerprint density at radius 3 is 2.52 bits per heavy atom. The summed E-state index contributed by atoms with van der Waals surface area (Å²) in [6.45, 7) is 4.22. The zero-order valence-electron chi connectivity index (χ0n) is 11.7. The maximum absolute atomic E-state index is 12.8. The van der Waals surface area contributed by atoms with Crippen LogP contribution < -0.4 is 0 Å². The Morgan fingerprint density at radius 1 is 1.33 bits per heavy atom. The van der Waals surface area contributed by atoms with Gasteiger partial charge < -0.3 is 9.67 Å². The van der Waals surface area contributed by atoms with Crippen LogP contribution in [0, 0.1) is 0 Å². The fourth-order valence-corrected chi connectivity index (χ4v) is 2.60. The van der Waals surface area contributed by atoms with Crippen LogP contribution in [-0.4, -0.2) is 15.6 Å². The second kappa shape index (κ2) is 5.42. The summed E-state index contributed by atoms with van der Waals surface area (Å²) in [6, 6.07) is 5.26. The Hall–Kier alpha value is -1.98. The van der Waals surface area contributed by atoms with Crippen molar-refractivity contribution in [1.82, 2.24) is 4.57 Å². The van der Waals surface area contributed by atoms with Crippen molar-refractivity contribution in [3.63, 3.8) is 0 Å². The molecule has 1 unspecified atom stereocenters. The number of nitrogens with zero attached hydrogens (tertiary/aromatic N) is 1. The summed E-state index contributed by atoms with van der Waals surface area (Å²) in [7, 11) is 0. The molecule has 114 valence electrons. The second-order valence-corrected chi connectivity index (χ2v) is 5.08. The number of hydrogen-bond donors (Lipinski definition) is 1. The molecule has 0 spiro atoms. The predicted octanol–water partition coefficient (Wildman–Crippen LogP) is 4.26. The molecule has 3 nitrogen and oxygen atoms in total. The predicted molar refractivity (Wildman–Crippen MR) is 73.3 cm³/mol. The van der Waals surface area contributed by atoms with E-state index in [1.165, 1.54) is 6.07 Å². The van der Waals surface area contributed by atoms with Crippen molar-refractivity contribution < 1.29 is 23.1 Å². The summed E-state index contributed by atoms with van der Waals surface area (Å²) < 4.78 is 40.1. The van der Waals surface area contributed by atoms with Crippen LogP contribution in [0.25, 0.3) is 10.9 Å². The van der Waals surface area contributed by atoms with Crippen LogP contribution in [0.15, 0.2) is 24.3 Å². The van der Waals surface area contributed by atoms with Crippen molar-refractivity contribution in [2.75, 3.05) is 0 Å². The van der Waals surface area contributed by atoms with Crippen molar-refractivity contribution in [3.8, 4) is 0 Å². The molecule has 0 fully saturated rings. The molecule has 0 bridgehead atoms. The molecule has 0 saturated heterocycles. The minimum absolute atomic E-state index is 0.0531. The number of aryl methyl sites for hydroxylation is 1. The molecule has 21 heavy (non-hydrogen) atoms. The molecule has 1 heterocycles. The number of carboxylic acids is 1. The van der Waals surface area contributed by atoms with Crippen molar-refractivity contribution in [2.45, 2.75) is 38.9 Å². The van der Waals surface area contributed by atoms with Gasteiger partial charge in [0.25, 0.3) is 0 Å². The summed E-state index contributed by atoms with van der Waals surface area (Å²) in [6.07, 6.45) is -4.43.